The molecular formula is C21H28N2O5S. The van der Waals surface area contributed by atoms with E-state index >= 15 is 0 Å². The molecule has 0 radical (unpaired) electrons. The van der Waals surface area contributed by atoms with Crippen LogP contribution in [0.25, 0.3) is 0 Å². The smallest absolute Gasteiger partial charge is 0.243 e. The predicted octanol–water partition coefficient (Wildman–Crippen LogP) is 2.59. The monoisotopic (exact) mass is 420 g/mol. The first-order chi connectivity index (χ1) is 13.8. The van der Waals surface area contributed by atoms with Crippen LogP contribution in [0, 0.1) is 0 Å². The van der Waals surface area contributed by atoms with E-state index in [1.807, 2.05) is 13.8 Å². The molecule has 29 heavy (non-hydrogen) atoms. The van der Waals surface area contributed by atoms with Crippen molar-refractivity contribution in [2.45, 2.75) is 31.7 Å². The van der Waals surface area contributed by atoms with E-state index < -0.39 is 10.0 Å². The fourth-order valence-electron chi connectivity index (χ4n) is 2.93. The SMILES string of the molecule is CCN(CC)S(=O)(=O)c1ccc(CNC(=O)Cc2ccc(OC)cc2OC)cc1. The molecule has 1 amide bonds. The van der Waals surface area contributed by atoms with Gasteiger partial charge in [0.25, 0.3) is 0 Å². The minimum absolute atomic E-state index is 0.159. The minimum atomic E-state index is -3.48. The molecule has 0 unspecified atom stereocenters. The molecule has 0 spiro atoms. The zero-order valence-corrected chi connectivity index (χ0v) is 18.1. The van der Waals surface area contributed by atoms with E-state index in [4.69, 9.17) is 9.47 Å². The lowest BCUT2D eigenvalue weighted by Gasteiger charge is -2.18. The van der Waals surface area contributed by atoms with E-state index in [-0.39, 0.29) is 17.2 Å². The molecule has 1 N–H and O–H groups in total. The fourth-order valence-corrected chi connectivity index (χ4v) is 4.38. The Hall–Kier alpha value is -2.58. The van der Waals surface area contributed by atoms with E-state index in [2.05, 4.69) is 5.32 Å². The molecule has 0 aliphatic rings. The molecule has 7 nitrogen and oxygen atoms in total. The molecule has 0 saturated heterocycles. The Bertz CT molecular complexity index is 923. The minimum Gasteiger partial charge on any atom is -0.497 e. The van der Waals surface area contributed by atoms with Gasteiger partial charge < -0.3 is 14.8 Å². The first kappa shape index (κ1) is 22.7. The maximum absolute atomic E-state index is 12.5. The molecule has 0 aliphatic carbocycles. The Balaban J connectivity index is 1.99. The number of amides is 1. The topological polar surface area (TPSA) is 84.9 Å². The van der Waals surface area contributed by atoms with Gasteiger partial charge in [0.15, 0.2) is 0 Å². The van der Waals surface area contributed by atoms with Crippen molar-refractivity contribution >= 4 is 15.9 Å². The van der Waals surface area contributed by atoms with Gasteiger partial charge in [-0.3, -0.25) is 4.79 Å². The molecule has 0 aromatic heterocycles. The number of carbonyl (C=O) groups is 1. The van der Waals surface area contributed by atoms with Crippen molar-refractivity contribution in [2.24, 2.45) is 0 Å². The lowest BCUT2D eigenvalue weighted by Crippen LogP contribution is -2.30. The van der Waals surface area contributed by atoms with Gasteiger partial charge in [0.05, 0.1) is 25.5 Å². The summed E-state index contributed by atoms with van der Waals surface area (Å²) in [6.45, 7) is 4.77. The number of benzene rings is 2. The molecule has 2 aromatic carbocycles. The van der Waals surface area contributed by atoms with Gasteiger partial charge in [0, 0.05) is 31.3 Å². The molecule has 158 valence electrons. The van der Waals surface area contributed by atoms with E-state index in [0.29, 0.717) is 31.1 Å². The Kier molecular flexibility index (Phi) is 8.04. The highest BCUT2D eigenvalue weighted by atomic mass is 32.2. The summed E-state index contributed by atoms with van der Waals surface area (Å²) in [7, 11) is -0.367. The highest BCUT2D eigenvalue weighted by Crippen LogP contribution is 2.25. The summed E-state index contributed by atoms with van der Waals surface area (Å²) in [5.74, 6) is 1.09. The van der Waals surface area contributed by atoms with E-state index in [1.54, 1.807) is 56.7 Å². The summed E-state index contributed by atoms with van der Waals surface area (Å²) in [5, 5.41) is 2.85. The molecule has 8 heteroatoms. The van der Waals surface area contributed by atoms with Crippen LogP contribution in [0.2, 0.25) is 0 Å². The largest absolute Gasteiger partial charge is 0.497 e. The van der Waals surface area contributed by atoms with Crippen LogP contribution in [0.15, 0.2) is 47.4 Å². The summed E-state index contributed by atoms with van der Waals surface area (Å²) in [4.78, 5) is 12.6. The quantitative estimate of drug-likeness (QED) is 0.639. The zero-order valence-electron chi connectivity index (χ0n) is 17.3. The second-order valence-electron chi connectivity index (χ2n) is 6.36. The van der Waals surface area contributed by atoms with Gasteiger partial charge in [-0.2, -0.15) is 4.31 Å². The van der Waals surface area contributed by atoms with Gasteiger partial charge in [-0.15, -0.1) is 0 Å². The van der Waals surface area contributed by atoms with Crippen LogP contribution in [0.4, 0.5) is 0 Å². The zero-order chi connectivity index (χ0) is 21.4. The lowest BCUT2D eigenvalue weighted by molar-refractivity contribution is -0.120. The Morgan fingerprint density at radius 3 is 2.21 bits per heavy atom. The van der Waals surface area contributed by atoms with Crippen molar-refractivity contribution in [3.8, 4) is 11.5 Å². The average Bonchev–Trinajstić information content (AvgIpc) is 2.73. The maximum Gasteiger partial charge on any atom is 0.243 e. The first-order valence-corrected chi connectivity index (χ1v) is 10.9. The fraction of sp³-hybridized carbons (Fsp3) is 0.381. The van der Waals surface area contributed by atoms with Crippen LogP contribution >= 0.6 is 0 Å². The number of sulfonamides is 1. The molecule has 0 fully saturated rings. The van der Waals surface area contributed by atoms with Crippen LogP contribution < -0.4 is 14.8 Å². The number of nitrogens with one attached hydrogen (secondary N) is 1. The number of hydrogen-bond donors (Lipinski definition) is 1. The first-order valence-electron chi connectivity index (χ1n) is 9.42. The van der Waals surface area contributed by atoms with Crippen molar-refractivity contribution in [2.75, 3.05) is 27.3 Å². The summed E-state index contributed by atoms with van der Waals surface area (Å²) >= 11 is 0. The normalized spacial score (nSPS) is 11.3. The van der Waals surface area contributed by atoms with Crippen LogP contribution in [0.3, 0.4) is 0 Å². The molecule has 0 aliphatic heterocycles. The van der Waals surface area contributed by atoms with Gasteiger partial charge in [-0.25, -0.2) is 8.42 Å². The molecule has 0 atom stereocenters. The van der Waals surface area contributed by atoms with E-state index in [1.165, 1.54) is 4.31 Å². The third-order valence-corrected chi connectivity index (χ3v) is 6.67. The van der Waals surface area contributed by atoms with Gasteiger partial charge in [-0.05, 0) is 23.8 Å². The van der Waals surface area contributed by atoms with Crippen LogP contribution in [-0.4, -0.2) is 45.9 Å². The van der Waals surface area contributed by atoms with Crippen LogP contribution in [0.1, 0.15) is 25.0 Å². The summed E-state index contributed by atoms with van der Waals surface area (Å²) < 4.78 is 36.9. The van der Waals surface area contributed by atoms with E-state index in [0.717, 1.165) is 11.1 Å². The van der Waals surface area contributed by atoms with Gasteiger partial charge >= 0.3 is 0 Å². The maximum atomic E-state index is 12.5. The lowest BCUT2D eigenvalue weighted by atomic mass is 10.1. The van der Waals surface area contributed by atoms with Crippen LogP contribution in [-0.2, 0) is 27.8 Å². The standard InChI is InChI=1S/C21H28N2O5S/c1-5-23(6-2)29(25,26)19-11-7-16(8-12-19)15-22-21(24)13-17-9-10-18(27-3)14-20(17)28-4/h7-12,14H,5-6,13,15H2,1-4H3,(H,22,24). The van der Waals surface area contributed by atoms with Gasteiger partial charge in [0.2, 0.25) is 15.9 Å². The summed E-state index contributed by atoms with van der Waals surface area (Å²) in [5.41, 5.74) is 1.57. The second-order valence-corrected chi connectivity index (χ2v) is 8.30. The number of nitrogens with zero attached hydrogens (tertiary/aromatic N) is 1. The summed E-state index contributed by atoms with van der Waals surface area (Å²) in [6.07, 6.45) is 0.168. The molecule has 0 saturated carbocycles. The van der Waals surface area contributed by atoms with Crippen molar-refractivity contribution in [1.29, 1.82) is 0 Å². The van der Waals surface area contributed by atoms with Crippen molar-refractivity contribution in [3.63, 3.8) is 0 Å². The van der Waals surface area contributed by atoms with Crippen molar-refractivity contribution in [3.05, 3.63) is 53.6 Å². The molecule has 2 aromatic rings. The summed E-state index contributed by atoms with van der Waals surface area (Å²) in [6, 6.07) is 11.9. The second kappa shape index (κ2) is 10.3. The van der Waals surface area contributed by atoms with E-state index in [9.17, 15) is 13.2 Å². The molecule has 0 heterocycles. The Morgan fingerprint density at radius 1 is 1.00 bits per heavy atom. The molecule has 2 rings (SSSR count). The third kappa shape index (κ3) is 5.71. The number of hydrogen-bond acceptors (Lipinski definition) is 5. The Morgan fingerprint density at radius 2 is 1.66 bits per heavy atom. The van der Waals surface area contributed by atoms with Gasteiger partial charge in [0.1, 0.15) is 11.5 Å². The highest BCUT2D eigenvalue weighted by Gasteiger charge is 2.21. The molecule has 0 bridgehead atoms. The number of carbonyl (C=O) groups excluding carboxylic acids is 1. The highest BCUT2D eigenvalue weighted by molar-refractivity contribution is 7.89. The van der Waals surface area contributed by atoms with Gasteiger partial charge in [-0.1, -0.05) is 32.0 Å². The van der Waals surface area contributed by atoms with Crippen molar-refractivity contribution < 1.29 is 22.7 Å². The van der Waals surface area contributed by atoms with Crippen molar-refractivity contribution in [1.82, 2.24) is 9.62 Å². The predicted molar refractivity (Wildman–Crippen MR) is 112 cm³/mol. The number of ether oxygens (including phenoxy) is 2. The average molecular weight is 421 g/mol. The number of rotatable bonds is 10. The van der Waals surface area contributed by atoms with Crippen LogP contribution in [0.5, 0.6) is 11.5 Å². The third-order valence-electron chi connectivity index (χ3n) is 4.60. The Labute approximate surface area is 172 Å². The number of methoxy groups -OCH3 is 2. The molecular weight excluding hydrogens is 392 g/mol.